The first kappa shape index (κ1) is 27.9. The molecule has 41 heavy (non-hydrogen) atoms. The Balaban J connectivity index is 1.31. The zero-order valence-corrected chi connectivity index (χ0v) is 24.4. The first-order valence-electron chi connectivity index (χ1n) is 13.3. The van der Waals surface area contributed by atoms with Crippen molar-refractivity contribution in [1.82, 2.24) is 20.5 Å². The Hall–Kier alpha value is -3.29. The van der Waals surface area contributed by atoms with E-state index in [4.69, 9.17) is 10.5 Å². The molecule has 2 aromatic carbocycles. The minimum atomic E-state index is -0.987. The molecule has 4 aliphatic heterocycles. The van der Waals surface area contributed by atoms with E-state index < -0.39 is 17.6 Å². The molecule has 10 nitrogen and oxygen atoms in total. The SMILES string of the molecule is CC1=NC2=CN(CO)NN2C(SCC2(C(=O)OC(c3ccccc3)c3ccccc3)CS[C@@H]3C(N)C(=O)N3C2)=C1C. The number of carbonyl (C=O) groups is 2. The third-order valence-corrected chi connectivity index (χ3v) is 10.8. The maximum atomic E-state index is 14.3. The Kier molecular flexibility index (Phi) is 7.60. The Labute approximate surface area is 247 Å². The third kappa shape index (κ3) is 5.04. The van der Waals surface area contributed by atoms with Crippen LogP contribution in [0.2, 0.25) is 0 Å². The fourth-order valence-electron chi connectivity index (χ4n) is 5.28. The van der Waals surface area contributed by atoms with Gasteiger partial charge in [-0.2, -0.15) is 0 Å². The lowest BCUT2D eigenvalue weighted by atomic mass is 9.89. The van der Waals surface area contributed by atoms with Crippen LogP contribution in [-0.2, 0) is 14.3 Å². The van der Waals surface area contributed by atoms with Crippen LogP contribution < -0.4 is 11.3 Å². The predicted molar refractivity (Wildman–Crippen MR) is 159 cm³/mol. The number of carbonyl (C=O) groups excluding carboxylic acids is 2. The van der Waals surface area contributed by atoms with Crippen LogP contribution in [-0.4, -0.2) is 73.8 Å². The highest BCUT2D eigenvalue weighted by Crippen LogP contribution is 2.46. The highest BCUT2D eigenvalue weighted by atomic mass is 32.2. The van der Waals surface area contributed by atoms with Gasteiger partial charge in [0.2, 0.25) is 5.91 Å². The maximum Gasteiger partial charge on any atom is 0.316 e. The van der Waals surface area contributed by atoms with Gasteiger partial charge in [-0.05, 0) is 25.0 Å². The van der Waals surface area contributed by atoms with E-state index in [2.05, 4.69) is 10.5 Å². The minimum absolute atomic E-state index is 0.134. The topological polar surface area (TPSA) is 124 Å². The number of aliphatic hydroxyl groups is 1. The van der Waals surface area contributed by atoms with Gasteiger partial charge in [0, 0.05) is 29.3 Å². The van der Waals surface area contributed by atoms with Crippen molar-refractivity contribution in [3.05, 3.63) is 94.4 Å². The molecule has 3 atom stereocenters. The van der Waals surface area contributed by atoms with Gasteiger partial charge in [-0.1, -0.05) is 60.7 Å². The highest BCUT2D eigenvalue weighted by molar-refractivity contribution is 8.03. The quantitative estimate of drug-likeness (QED) is 0.311. The molecule has 1 amide bonds. The molecular weight excluding hydrogens is 560 g/mol. The van der Waals surface area contributed by atoms with Gasteiger partial charge < -0.3 is 20.5 Å². The van der Waals surface area contributed by atoms with Crippen molar-refractivity contribution in [1.29, 1.82) is 0 Å². The van der Waals surface area contributed by atoms with Crippen LogP contribution in [0.4, 0.5) is 0 Å². The summed E-state index contributed by atoms with van der Waals surface area (Å²) in [5.74, 6) is 0.981. The number of aliphatic hydroxyl groups excluding tert-OH is 1. The smallest absolute Gasteiger partial charge is 0.316 e. The van der Waals surface area contributed by atoms with Crippen LogP contribution >= 0.6 is 23.5 Å². The van der Waals surface area contributed by atoms with E-state index in [1.807, 2.05) is 79.5 Å². The fraction of sp³-hybridized carbons (Fsp3) is 0.345. The Morgan fingerprint density at radius 1 is 1.20 bits per heavy atom. The van der Waals surface area contributed by atoms with Crippen molar-refractivity contribution >= 4 is 41.1 Å². The van der Waals surface area contributed by atoms with E-state index in [0.29, 0.717) is 17.3 Å². The number of thioether (sulfide) groups is 2. The summed E-state index contributed by atoms with van der Waals surface area (Å²) < 4.78 is 6.39. The molecule has 0 bridgehead atoms. The second kappa shape index (κ2) is 11.2. The predicted octanol–water partition coefficient (Wildman–Crippen LogP) is 2.77. The van der Waals surface area contributed by atoms with Crippen LogP contribution in [0.3, 0.4) is 0 Å². The molecule has 4 aliphatic rings. The zero-order valence-electron chi connectivity index (χ0n) is 22.8. The molecule has 0 aromatic heterocycles. The van der Waals surface area contributed by atoms with Crippen molar-refractivity contribution in [3.8, 4) is 0 Å². The number of amides is 1. The van der Waals surface area contributed by atoms with Gasteiger partial charge >= 0.3 is 5.97 Å². The van der Waals surface area contributed by atoms with Crippen molar-refractivity contribution in [2.45, 2.75) is 31.4 Å². The molecule has 2 saturated heterocycles. The molecule has 0 saturated carbocycles. The molecule has 6 rings (SSSR count). The second-order valence-electron chi connectivity index (χ2n) is 10.5. The minimum Gasteiger partial charge on any atom is -0.452 e. The standard InChI is InChI=1S/C29H32N6O4S2/c1-18-19(2)31-22-13-33(17-36)32-35(22)26(18)40-15-29(14-34-25(37)23(30)27(34)41-16-29)28(38)39-24(20-9-5-3-6-10-20)21-11-7-4-8-12-21/h3-13,23-24,27,32,36H,14-17,30H2,1-2H3/t23?,27-,29?/m1/s1. The molecule has 2 fully saturated rings. The number of ether oxygens (including phenoxy) is 1. The number of fused-ring (bicyclic) bond motifs is 2. The van der Waals surface area contributed by atoms with Crippen LogP contribution in [0, 0.1) is 5.41 Å². The number of nitrogens with two attached hydrogens (primary N) is 1. The number of rotatable bonds is 8. The normalized spacial score (nSPS) is 25.5. The zero-order chi connectivity index (χ0) is 28.7. The molecule has 4 heterocycles. The van der Waals surface area contributed by atoms with Crippen molar-refractivity contribution in [2.24, 2.45) is 16.1 Å². The van der Waals surface area contributed by atoms with E-state index in [1.54, 1.807) is 11.1 Å². The number of β-lactam (4-membered cyclic amide) rings is 1. The number of hydrogen-bond acceptors (Lipinski definition) is 11. The largest absolute Gasteiger partial charge is 0.452 e. The van der Waals surface area contributed by atoms with Gasteiger partial charge in [0.1, 0.15) is 23.6 Å². The molecule has 12 heteroatoms. The highest BCUT2D eigenvalue weighted by Gasteiger charge is 2.56. The van der Waals surface area contributed by atoms with Crippen molar-refractivity contribution in [3.63, 3.8) is 0 Å². The maximum absolute atomic E-state index is 14.3. The van der Waals surface area contributed by atoms with Gasteiger partial charge in [0.25, 0.3) is 0 Å². The summed E-state index contributed by atoms with van der Waals surface area (Å²) >= 11 is 3.04. The van der Waals surface area contributed by atoms with Gasteiger partial charge in [-0.3, -0.25) is 14.6 Å². The number of hydrazine groups is 2. The summed E-state index contributed by atoms with van der Waals surface area (Å²) in [4.78, 5) is 33.4. The first-order valence-corrected chi connectivity index (χ1v) is 15.4. The lowest BCUT2D eigenvalue weighted by Gasteiger charge is -2.53. The van der Waals surface area contributed by atoms with E-state index in [0.717, 1.165) is 27.4 Å². The average molecular weight is 593 g/mol. The Morgan fingerprint density at radius 3 is 2.49 bits per heavy atom. The van der Waals surface area contributed by atoms with Gasteiger partial charge in [-0.15, -0.1) is 29.1 Å². The molecule has 214 valence electrons. The molecule has 0 aliphatic carbocycles. The van der Waals surface area contributed by atoms with Crippen molar-refractivity contribution < 1.29 is 19.4 Å². The van der Waals surface area contributed by atoms with Crippen LogP contribution in [0.1, 0.15) is 31.1 Å². The number of nitrogens with one attached hydrogen (secondary N) is 1. The lowest BCUT2D eigenvalue weighted by molar-refractivity contribution is -0.163. The van der Waals surface area contributed by atoms with Crippen LogP contribution in [0.15, 0.2) is 88.3 Å². The van der Waals surface area contributed by atoms with Gasteiger partial charge in [0.05, 0.1) is 11.2 Å². The molecule has 2 aromatic rings. The molecule has 0 radical (unpaired) electrons. The summed E-state index contributed by atoms with van der Waals surface area (Å²) in [5.41, 5.74) is 11.8. The first-order chi connectivity index (χ1) is 19.8. The molecule has 2 unspecified atom stereocenters. The van der Waals surface area contributed by atoms with Crippen LogP contribution in [0.5, 0.6) is 0 Å². The number of esters is 1. The summed E-state index contributed by atoms with van der Waals surface area (Å²) in [5, 5.41) is 13.7. The Bertz CT molecular complexity index is 1400. The second-order valence-corrected chi connectivity index (χ2v) is 12.6. The lowest BCUT2D eigenvalue weighted by Crippen LogP contribution is -2.72. The van der Waals surface area contributed by atoms with E-state index in [1.165, 1.54) is 28.5 Å². The van der Waals surface area contributed by atoms with E-state index in [-0.39, 0.29) is 30.5 Å². The van der Waals surface area contributed by atoms with Crippen molar-refractivity contribution in [2.75, 3.05) is 24.8 Å². The van der Waals surface area contributed by atoms with Gasteiger partial charge in [0.15, 0.2) is 11.9 Å². The Morgan fingerprint density at radius 2 is 1.85 bits per heavy atom. The number of hydrogen-bond donors (Lipinski definition) is 3. The fourth-order valence-corrected chi connectivity index (χ4v) is 8.24. The number of allylic oxidation sites excluding steroid dienone is 1. The van der Waals surface area contributed by atoms with Crippen LogP contribution in [0.25, 0.3) is 0 Å². The summed E-state index contributed by atoms with van der Waals surface area (Å²) in [7, 11) is 0. The van der Waals surface area contributed by atoms with E-state index in [9.17, 15) is 14.7 Å². The number of aliphatic imine (C=N–C) groups is 1. The molecular formula is C29H32N6O4S2. The number of nitrogens with zero attached hydrogens (tertiary/aromatic N) is 4. The summed E-state index contributed by atoms with van der Waals surface area (Å²) in [6.45, 7) is 3.93. The summed E-state index contributed by atoms with van der Waals surface area (Å²) in [6.07, 6.45) is 1.13. The summed E-state index contributed by atoms with van der Waals surface area (Å²) in [6, 6.07) is 18.8. The van der Waals surface area contributed by atoms with Gasteiger partial charge in [-0.25, -0.2) is 10.0 Å². The molecule has 4 N–H and O–H groups in total. The average Bonchev–Trinajstić information content (AvgIpc) is 3.42. The van der Waals surface area contributed by atoms with E-state index >= 15 is 0 Å². The third-order valence-electron chi connectivity index (χ3n) is 7.76. The molecule has 0 spiro atoms. The number of benzene rings is 2. The monoisotopic (exact) mass is 592 g/mol.